The van der Waals surface area contributed by atoms with E-state index in [0.29, 0.717) is 11.8 Å². The SMILES string of the molecule is CC(C)C(C)(C(C)C)C(N)O. The molecule has 0 aromatic carbocycles. The maximum atomic E-state index is 9.39. The summed E-state index contributed by atoms with van der Waals surface area (Å²) in [6.07, 6.45) is -0.720. The summed E-state index contributed by atoms with van der Waals surface area (Å²) in [4.78, 5) is 0. The normalized spacial score (nSPS) is 16.1. The molecule has 0 amide bonds. The Balaban J connectivity index is 4.53. The third-order valence-electron chi connectivity index (χ3n) is 3.13. The van der Waals surface area contributed by atoms with E-state index in [4.69, 9.17) is 5.73 Å². The van der Waals surface area contributed by atoms with E-state index in [0.717, 1.165) is 0 Å². The van der Waals surface area contributed by atoms with Gasteiger partial charge in [0.05, 0.1) is 0 Å². The fourth-order valence-electron chi connectivity index (χ4n) is 1.35. The van der Waals surface area contributed by atoms with Gasteiger partial charge in [0, 0.05) is 5.41 Å². The minimum atomic E-state index is -0.720. The van der Waals surface area contributed by atoms with Crippen LogP contribution in [0, 0.1) is 17.3 Å². The van der Waals surface area contributed by atoms with Gasteiger partial charge in [0.1, 0.15) is 6.23 Å². The first kappa shape index (κ1) is 10.9. The molecule has 0 aliphatic carbocycles. The van der Waals surface area contributed by atoms with Gasteiger partial charge in [-0.25, -0.2) is 0 Å². The Morgan fingerprint density at radius 3 is 1.36 bits per heavy atom. The molecule has 0 aromatic rings. The highest BCUT2D eigenvalue weighted by Gasteiger charge is 2.36. The Labute approximate surface area is 69.8 Å². The molecule has 2 nitrogen and oxygen atoms in total. The maximum absolute atomic E-state index is 9.39. The zero-order chi connectivity index (χ0) is 9.23. The molecule has 3 N–H and O–H groups in total. The van der Waals surface area contributed by atoms with Crippen LogP contribution >= 0.6 is 0 Å². The topological polar surface area (TPSA) is 46.2 Å². The quantitative estimate of drug-likeness (QED) is 0.614. The van der Waals surface area contributed by atoms with Crippen LogP contribution in [-0.4, -0.2) is 11.3 Å². The Morgan fingerprint density at radius 2 is 1.36 bits per heavy atom. The number of nitrogens with two attached hydrogens (primary N) is 1. The molecule has 68 valence electrons. The number of hydrogen-bond donors (Lipinski definition) is 2. The zero-order valence-corrected chi connectivity index (χ0v) is 8.26. The van der Waals surface area contributed by atoms with Gasteiger partial charge >= 0.3 is 0 Å². The molecule has 0 spiro atoms. The fourth-order valence-corrected chi connectivity index (χ4v) is 1.35. The highest BCUT2D eigenvalue weighted by molar-refractivity contribution is 4.84. The lowest BCUT2D eigenvalue weighted by Crippen LogP contribution is -2.46. The van der Waals surface area contributed by atoms with Crippen LogP contribution < -0.4 is 5.73 Å². The molecule has 0 heterocycles. The van der Waals surface area contributed by atoms with E-state index in [9.17, 15) is 5.11 Å². The van der Waals surface area contributed by atoms with Crippen molar-refractivity contribution in [3.05, 3.63) is 0 Å². The molecule has 0 aliphatic rings. The van der Waals surface area contributed by atoms with Gasteiger partial charge in [-0.2, -0.15) is 0 Å². The highest BCUT2D eigenvalue weighted by atomic mass is 16.3. The van der Waals surface area contributed by atoms with E-state index in [1.807, 2.05) is 6.92 Å². The number of hydrogen-bond acceptors (Lipinski definition) is 2. The van der Waals surface area contributed by atoms with Gasteiger partial charge in [-0.1, -0.05) is 34.6 Å². The van der Waals surface area contributed by atoms with E-state index >= 15 is 0 Å². The highest BCUT2D eigenvalue weighted by Crippen LogP contribution is 2.36. The minimum Gasteiger partial charge on any atom is -0.378 e. The Bertz CT molecular complexity index is 97.0. The first-order valence-corrected chi connectivity index (χ1v) is 4.27. The van der Waals surface area contributed by atoms with E-state index in [1.165, 1.54) is 0 Å². The molecule has 11 heavy (non-hydrogen) atoms. The first-order valence-electron chi connectivity index (χ1n) is 4.27. The second-order valence-corrected chi connectivity index (χ2v) is 4.12. The molecule has 0 saturated heterocycles. The van der Waals surface area contributed by atoms with E-state index in [-0.39, 0.29) is 5.41 Å². The summed E-state index contributed by atoms with van der Waals surface area (Å²) in [5.74, 6) is 0.810. The second-order valence-electron chi connectivity index (χ2n) is 4.12. The Hall–Kier alpha value is -0.0800. The summed E-state index contributed by atoms with van der Waals surface area (Å²) in [6.45, 7) is 10.4. The molecule has 0 aromatic heterocycles. The second kappa shape index (κ2) is 3.55. The van der Waals surface area contributed by atoms with E-state index < -0.39 is 6.23 Å². The lowest BCUT2D eigenvalue weighted by atomic mass is 9.69. The number of aliphatic hydroxyl groups excluding tert-OH is 1. The number of aliphatic hydroxyl groups is 1. The van der Waals surface area contributed by atoms with Crippen molar-refractivity contribution in [1.82, 2.24) is 0 Å². The Kier molecular flexibility index (Phi) is 3.52. The lowest BCUT2D eigenvalue weighted by molar-refractivity contribution is -0.0272. The van der Waals surface area contributed by atoms with Crippen molar-refractivity contribution in [2.75, 3.05) is 0 Å². The first-order chi connectivity index (χ1) is 4.83. The summed E-state index contributed by atoms with van der Waals surface area (Å²) in [6, 6.07) is 0. The van der Waals surface area contributed by atoms with Crippen molar-refractivity contribution < 1.29 is 5.11 Å². The molecule has 1 atom stereocenters. The van der Waals surface area contributed by atoms with Crippen LogP contribution in [-0.2, 0) is 0 Å². The van der Waals surface area contributed by atoms with Crippen molar-refractivity contribution >= 4 is 0 Å². The molecule has 1 unspecified atom stereocenters. The summed E-state index contributed by atoms with van der Waals surface area (Å²) in [5, 5.41) is 9.39. The van der Waals surface area contributed by atoms with Crippen LogP contribution in [0.1, 0.15) is 34.6 Å². The van der Waals surface area contributed by atoms with Crippen LogP contribution in [0.3, 0.4) is 0 Å². The average Bonchev–Trinajstić information content (AvgIpc) is 1.84. The van der Waals surface area contributed by atoms with Crippen LogP contribution in [0.25, 0.3) is 0 Å². The van der Waals surface area contributed by atoms with Crippen LogP contribution in [0.4, 0.5) is 0 Å². The predicted octanol–water partition coefficient (Wildman–Crippen LogP) is 1.58. The molecular formula is C9H21NO. The van der Waals surface area contributed by atoms with Gasteiger partial charge in [-0.15, -0.1) is 0 Å². The van der Waals surface area contributed by atoms with E-state index in [2.05, 4.69) is 27.7 Å². The van der Waals surface area contributed by atoms with Crippen molar-refractivity contribution in [1.29, 1.82) is 0 Å². The third-order valence-corrected chi connectivity index (χ3v) is 3.13. The lowest BCUT2D eigenvalue weighted by Gasteiger charge is -2.40. The summed E-state index contributed by atoms with van der Waals surface area (Å²) in [5.41, 5.74) is 5.36. The van der Waals surface area contributed by atoms with Crippen molar-refractivity contribution in [2.24, 2.45) is 23.0 Å². The Morgan fingerprint density at radius 1 is 1.09 bits per heavy atom. The van der Waals surface area contributed by atoms with Gasteiger partial charge < -0.3 is 10.8 Å². The van der Waals surface area contributed by atoms with Gasteiger partial charge in [-0.3, -0.25) is 0 Å². The van der Waals surface area contributed by atoms with Crippen molar-refractivity contribution in [2.45, 2.75) is 40.8 Å². The van der Waals surface area contributed by atoms with Gasteiger partial charge in [0.25, 0.3) is 0 Å². The molecule has 0 aliphatic heterocycles. The molecular weight excluding hydrogens is 138 g/mol. The van der Waals surface area contributed by atoms with Crippen LogP contribution in [0.2, 0.25) is 0 Å². The molecule has 0 bridgehead atoms. The summed E-state index contributed by atoms with van der Waals surface area (Å²) in [7, 11) is 0. The summed E-state index contributed by atoms with van der Waals surface area (Å²) < 4.78 is 0. The fraction of sp³-hybridized carbons (Fsp3) is 1.00. The molecule has 0 rings (SSSR count). The standard InChI is InChI=1S/C9H21NO/c1-6(2)9(5,7(3)4)8(10)11/h6-8,11H,10H2,1-5H3. The smallest absolute Gasteiger partial charge is 0.108 e. The third kappa shape index (κ3) is 1.94. The van der Waals surface area contributed by atoms with Gasteiger partial charge in [0.15, 0.2) is 0 Å². The predicted molar refractivity (Wildman–Crippen MR) is 48.0 cm³/mol. The summed E-state index contributed by atoms with van der Waals surface area (Å²) >= 11 is 0. The van der Waals surface area contributed by atoms with Crippen LogP contribution in [0.15, 0.2) is 0 Å². The van der Waals surface area contributed by atoms with Crippen LogP contribution in [0.5, 0.6) is 0 Å². The molecule has 0 fully saturated rings. The maximum Gasteiger partial charge on any atom is 0.108 e. The van der Waals surface area contributed by atoms with E-state index in [1.54, 1.807) is 0 Å². The molecule has 2 heteroatoms. The van der Waals surface area contributed by atoms with Crippen molar-refractivity contribution in [3.8, 4) is 0 Å². The number of rotatable bonds is 3. The monoisotopic (exact) mass is 159 g/mol. The average molecular weight is 159 g/mol. The van der Waals surface area contributed by atoms with Crippen molar-refractivity contribution in [3.63, 3.8) is 0 Å². The molecule has 0 saturated carbocycles. The molecule has 0 radical (unpaired) electrons. The minimum absolute atomic E-state index is 0.167. The van der Waals surface area contributed by atoms with Gasteiger partial charge in [0.2, 0.25) is 0 Å². The zero-order valence-electron chi connectivity index (χ0n) is 8.26. The van der Waals surface area contributed by atoms with Gasteiger partial charge in [-0.05, 0) is 11.8 Å². The largest absolute Gasteiger partial charge is 0.378 e.